The smallest absolute Gasteiger partial charge is 0.322 e. The van der Waals surface area contributed by atoms with Gasteiger partial charge in [0.05, 0.1) is 6.54 Å². The number of hydrogen-bond acceptors (Lipinski definition) is 3. The van der Waals surface area contributed by atoms with Crippen LogP contribution in [-0.4, -0.2) is 42.0 Å². The molecule has 0 atom stereocenters. The van der Waals surface area contributed by atoms with E-state index in [2.05, 4.69) is 5.32 Å². The highest BCUT2D eigenvalue weighted by Gasteiger charge is 2.08. The van der Waals surface area contributed by atoms with Gasteiger partial charge in [0.1, 0.15) is 6.54 Å². The third-order valence-corrected chi connectivity index (χ3v) is 2.55. The highest BCUT2D eigenvalue weighted by molar-refractivity contribution is 5.82. The molecule has 5 nitrogen and oxygen atoms in total. The topological polar surface area (TPSA) is 69.6 Å². The molecule has 0 aromatic heterocycles. The number of aryl methyl sites for hydroxylation is 1. The van der Waals surface area contributed by atoms with Crippen molar-refractivity contribution in [2.45, 2.75) is 13.5 Å². The van der Waals surface area contributed by atoms with Gasteiger partial charge in [-0.2, -0.15) is 0 Å². The fourth-order valence-electron chi connectivity index (χ4n) is 1.61. The van der Waals surface area contributed by atoms with E-state index in [1.165, 1.54) is 5.56 Å². The predicted molar refractivity (Wildman–Crippen MR) is 68.2 cm³/mol. The van der Waals surface area contributed by atoms with Gasteiger partial charge in [-0.05, 0) is 25.1 Å². The molecule has 5 heteroatoms. The van der Waals surface area contributed by atoms with Crippen molar-refractivity contribution >= 4 is 11.9 Å². The summed E-state index contributed by atoms with van der Waals surface area (Å²) in [6, 6.07) is 7.97. The van der Waals surface area contributed by atoms with Crippen LogP contribution < -0.4 is 5.32 Å². The van der Waals surface area contributed by atoms with Crippen molar-refractivity contribution in [3.05, 3.63) is 35.4 Å². The van der Waals surface area contributed by atoms with Crippen LogP contribution in [0.25, 0.3) is 0 Å². The first kappa shape index (κ1) is 14.2. The largest absolute Gasteiger partial charge is 0.480 e. The molecule has 0 aliphatic carbocycles. The fourth-order valence-corrected chi connectivity index (χ4v) is 1.61. The predicted octanol–water partition coefficient (Wildman–Crippen LogP) is 0.628. The summed E-state index contributed by atoms with van der Waals surface area (Å²) in [6.07, 6.45) is 0. The SMILES string of the molecule is Cc1ccccc1CN(C)CC(=O)NCC(=O)O. The lowest BCUT2D eigenvalue weighted by Gasteiger charge is -2.17. The van der Waals surface area contributed by atoms with Gasteiger partial charge in [0.25, 0.3) is 0 Å². The average molecular weight is 250 g/mol. The number of nitrogens with one attached hydrogen (secondary N) is 1. The van der Waals surface area contributed by atoms with Crippen LogP contribution in [0.4, 0.5) is 0 Å². The average Bonchev–Trinajstić information content (AvgIpc) is 2.29. The van der Waals surface area contributed by atoms with Gasteiger partial charge in [-0.3, -0.25) is 14.5 Å². The summed E-state index contributed by atoms with van der Waals surface area (Å²) in [5, 5.41) is 10.8. The number of amides is 1. The van der Waals surface area contributed by atoms with Crippen molar-refractivity contribution in [1.29, 1.82) is 0 Å². The summed E-state index contributed by atoms with van der Waals surface area (Å²) in [5.41, 5.74) is 2.33. The highest BCUT2D eigenvalue weighted by atomic mass is 16.4. The van der Waals surface area contributed by atoms with E-state index in [1.54, 1.807) is 0 Å². The lowest BCUT2D eigenvalue weighted by molar-refractivity contribution is -0.138. The molecule has 0 saturated heterocycles. The normalized spacial score (nSPS) is 10.4. The summed E-state index contributed by atoms with van der Waals surface area (Å²) >= 11 is 0. The van der Waals surface area contributed by atoms with Gasteiger partial charge in [-0.15, -0.1) is 0 Å². The summed E-state index contributed by atoms with van der Waals surface area (Å²) < 4.78 is 0. The van der Waals surface area contributed by atoms with Crippen molar-refractivity contribution in [2.75, 3.05) is 20.1 Å². The summed E-state index contributed by atoms with van der Waals surface area (Å²) in [7, 11) is 1.83. The number of aliphatic carboxylic acids is 1. The molecule has 1 aromatic carbocycles. The van der Waals surface area contributed by atoms with Crippen LogP contribution >= 0.6 is 0 Å². The van der Waals surface area contributed by atoms with Crippen molar-refractivity contribution in [3.63, 3.8) is 0 Å². The van der Waals surface area contributed by atoms with Crippen LogP contribution in [0.3, 0.4) is 0 Å². The van der Waals surface area contributed by atoms with Gasteiger partial charge in [0.15, 0.2) is 0 Å². The minimum absolute atomic E-state index is 0.182. The molecule has 0 saturated carbocycles. The zero-order valence-electron chi connectivity index (χ0n) is 10.6. The van der Waals surface area contributed by atoms with Gasteiger partial charge < -0.3 is 10.4 Å². The molecule has 0 bridgehead atoms. The quantitative estimate of drug-likeness (QED) is 0.777. The Morgan fingerprint density at radius 2 is 2.00 bits per heavy atom. The van der Waals surface area contributed by atoms with E-state index >= 15 is 0 Å². The molecule has 0 aliphatic rings. The molecule has 0 radical (unpaired) electrons. The molecule has 98 valence electrons. The molecule has 2 N–H and O–H groups in total. The molecule has 0 aliphatic heterocycles. The van der Waals surface area contributed by atoms with E-state index in [0.717, 1.165) is 5.56 Å². The number of carboxylic acid groups (broad SMARTS) is 1. The van der Waals surface area contributed by atoms with Crippen LogP contribution in [0, 0.1) is 6.92 Å². The molecule has 0 fully saturated rings. The number of carboxylic acids is 1. The maximum Gasteiger partial charge on any atom is 0.322 e. The van der Waals surface area contributed by atoms with Gasteiger partial charge >= 0.3 is 5.97 Å². The monoisotopic (exact) mass is 250 g/mol. The molecule has 0 unspecified atom stereocenters. The van der Waals surface area contributed by atoms with Crippen molar-refractivity contribution in [2.24, 2.45) is 0 Å². The van der Waals surface area contributed by atoms with Crippen molar-refractivity contribution in [1.82, 2.24) is 10.2 Å². The molecule has 1 rings (SSSR count). The van der Waals surface area contributed by atoms with Crippen LogP contribution in [0.1, 0.15) is 11.1 Å². The van der Waals surface area contributed by atoms with Crippen molar-refractivity contribution < 1.29 is 14.7 Å². The fraction of sp³-hybridized carbons (Fsp3) is 0.385. The second-order valence-corrected chi connectivity index (χ2v) is 4.27. The van der Waals surface area contributed by atoms with E-state index < -0.39 is 5.97 Å². The standard InChI is InChI=1S/C13H18N2O3/c1-10-5-3-4-6-11(10)8-15(2)9-12(16)14-7-13(17)18/h3-6H,7-9H2,1-2H3,(H,14,16)(H,17,18). The number of nitrogens with zero attached hydrogens (tertiary/aromatic N) is 1. The molecule has 0 heterocycles. The third kappa shape index (κ3) is 4.97. The van der Waals surface area contributed by atoms with E-state index in [0.29, 0.717) is 6.54 Å². The first-order valence-corrected chi connectivity index (χ1v) is 5.70. The van der Waals surface area contributed by atoms with Gasteiger partial charge in [-0.1, -0.05) is 24.3 Å². The Kier molecular flexibility index (Phi) is 5.32. The van der Waals surface area contributed by atoms with Gasteiger partial charge in [0, 0.05) is 6.54 Å². The maximum absolute atomic E-state index is 11.4. The first-order chi connectivity index (χ1) is 8.49. The Balaban J connectivity index is 2.42. The number of rotatable bonds is 6. The van der Waals surface area contributed by atoms with Crippen LogP contribution in [0.2, 0.25) is 0 Å². The molecule has 1 aromatic rings. The minimum atomic E-state index is -1.04. The van der Waals surface area contributed by atoms with Crippen LogP contribution in [-0.2, 0) is 16.1 Å². The lowest BCUT2D eigenvalue weighted by atomic mass is 10.1. The van der Waals surface area contributed by atoms with E-state index in [9.17, 15) is 9.59 Å². The molecule has 0 spiro atoms. The Bertz CT molecular complexity index is 432. The molecular weight excluding hydrogens is 232 g/mol. The summed E-state index contributed by atoms with van der Waals surface area (Å²) in [6.45, 7) is 2.53. The zero-order chi connectivity index (χ0) is 13.5. The molecule has 1 amide bonds. The second kappa shape index (κ2) is 6.76. The number of benzene rings is 1. The van der Waals surface area contributed by atoms with E-state index in [-0.39, 0.29) is 19.0 Å². The lowest BCUT2D eigenvalue weighted by Crippen LogP contribution is -2.37. The van der Waals surface area contributed by atoms with Crippen LogP contribution in [0.5, 0.6) is 0 Å². The number of carbonyl (C=O) groups excluding carboxylic acids is 1. The van der Waals surface area contributed by atoms with Crippen molar-refractivity contribution in [3.8, 4) is 0 Å². The van der Waals surface area contributed by atoms with Crippen LogP contribution in [0.15, 0.2) is 24.3 Å². The summed E-state index contributed by atoms with van der Waals surface area (Å²) in [5.74, 6) is -1.32. The Morgan fingerprint density at radius 1 is 1.33 bits per heavy atom. The zero-order valence-corrected chi connectivity index (χ0v) is 10.6. The first-order valence-electron chi connectivity index (χ1n) is 5.70. The number of hydrogen-bond donors (Lipinski definition) is 2. The Morgan fingerprint density at radius 3 is 2.61 bits per heavy atom. The minimum Gasteiger partial charge on any atom is -0.480 e. The number of carbonyl (C=O) groups is 2. The van der Waals surface area contributed by atoms with E-state index in [4.69, 9.17) is 5.11 Å². The Hall–Kier alpha value is -1.88. The third-order valence-electron chi connectivity index (χ3n) is 2.55. The Labute approximate surface area is 106 Å². The summed E-state index contributed by atoms with van der Waals surface area (Å²) in [4.78, 5) is 23.6. The van der Waals surface area contributed by atoms with E-state index in [1.807, 2.05) is 43.1 Å². The van der Waals surface area contributed by atoms with Gasteiger partial charge in [0.2, 0.25) is 5.91 Å². The van der Waals surface area contributed by atoms with Gasteiger partial charge in [-0.25, -0.2) is 0 Å². The maximum atomic E-state index is 11.4. The molecular formula is C13H18N2O3. The molecule has 18 heavy (non-hydrogen) atoms. The number of likely N-dealkylation sites (N-methyl/N-ethyl adjacent to an activating group) is 1. The highest BCUT2D eigenvalue weighted by Crippen LogP contribution is 2.08. The second-order valence-electron chi connectivity index (χ2n) is 4.27.